The highest BCUT2D eigenvalue weighted by Crippen LogP contribution is 2.39. The Kier molecular flexibility index (Phi) is 7.21. The minimum atomic E-state index is -4.69. The van der Waals surface area contributed by atoms with Crippen LogP contribution >= 0.6 is 0 Å². The summed E-state index contributed by atoms with van der Waals surface area (Å²) in [4.78, 5) is 7.82. The number of ether oxygens (including phenoxy) is 1. The molecule has 3 aromatic rings. The van der Waals surface area contributed by atoms with E-state index in [0.29, 0.717) is 12.0 Å². The third-order valence-corrected chi connectivity index (χ3v) is 6.30. The van der Waals surface area contributed by atoms with Gasteiger partial charge < -0.3 is 24.8 Å². The molecule has 0 radical (unpaired) electrons. The highest BCUT2D eigenvalue weighted by molar-refractivity contribution is 5.81. The molecule has 202 valence electrons. The van der Waals surface area contributed by atoms with Gasteiger partial charge in [0, 0.05) is 29.9 Å². The Balaban J connectivity index is 1.55. The van der Waals surface area contributed by atoms with E-state index in [1.54, 1.807) is 0 Å². The normalized spacial score (nSPS) is 23.1. The molecule has 37 heavy (non-hydrogen) atoms. The summed E-state index contributed by atoms with van der Waals surface area (Å²) in [6, 6.07) is 4.25. The molecule has 12 heteroatoms. The van der Waals surface area contributed by atoms with Crippen molar-refractivity contribution in [2.75, 3.05) is 6.61 Å². The van der Waals surface area contributed by atoms with Crippen LogP contribution in [0, 0.1) is 0 Å². The molecular formula is C25H29F5N4O3. The van der Waals surface area contributed by atoms with Gasteiger partial charge in [-0.15, -0.1) is 0 Å². The Labute approximate surface area is 210 Å². The number of fused-ring (bicyclic) bond motifs is 1. The average Bonchev–Trinajstić information content (AvgIpc) is 3.17. The monoisotopic (exact) mass is 528 g/mol. The number of halogens is 5. The van der Waals surface area contributed by atoms with E-state index in [-0.39, 0.29) is 42.4 Å². The molecule has 2 aromatic heterocycles. The van der Waals surface area contributed by atoms with E-state index < -0.39 is 41.1 Å². The van der Waals surface area contributed by atoms with E-state index in [0.717, 1.165) is 6.07 Å². The van der Waals surface area contributed by atoms with Crippen molar-refractivity contribution < 1.29 is 36.9 Å². The van der Waals surface area contributed by atoms with Crippen LogP contribution in [-0.2, 0) is 18.3 Å². The van der Waals surface area contributed by atoms with Crippen LogP contribution in [0.15, 0.2) is 36.8 Å². The number of benzene rings is 1. The molecule has 3 atom stereocenters. The topological polar surface area (TPSA) is 92.4 Å². The number of nitrogens with one attached hydrogen (secondary N) is 1. The summed E-state index contributed by atoms with van der Waals surface area (Å²) < 4.78 is 74.6. The van der Waals surface area contributed by atoms with Gasteiger partial charge in [-0.3, -0.25) is 4.98 Å². The fraction of sp³-hybridized carbons (Fsp3) is 0.520. The van der Waals surface area contributed by atoms with E-state index in [1.807, 2.05) is 6.92 Å². The molecule has 7 nitrogen and oxygen atoms in total. The zero-order valence-corrected chi connectivity index (χ0v) is 20.6. The second-order valence-electron chi connectivity index (χ2n) is 10.3. The molecule has 1 aromatic carbocycles. The third-order valence-electron chi connectivity index (χ3n) is 6.30. The van der Waals surface area contributed by atoms with Gasteiger partial charge in [0.25, 0.3) is 6.43 Å². The van der Waals surface area contributed by atoms with Crippen LogP contribution < -0.4 is 10.1 Å². The van der Waals surface area contributed by atoms with Gasteiger partial charge in [-0.25, -0.2) is 13.8 Å². The largest absolute Gasteiger partial charge is 0.492 e. The first-order valence-corrected chi connectivity index (χ1v) is 11.8. The van der Waals surface area contributed by atoms with Gasteiger partial charge in [-0.05, 0) is 45.7 Å². The van der Waals surface area contributed by atoms with Crippen molar-refractivity contribution in [2.45, 2.75) is 76.0 Å². The van der Waals surface area contributed by atoms with Gasteiger partial charge in [-0.2, -0.15) is 13.2 Å². The number of hydrogen-bond donors (Lipinski definition) is 3. The van der Waals surface area contributed by atoms with Gasteiger partial charge in [0.1, 0.15) is 18.1 Å². The number of aliphatic hydroxyl groups is 2. The first kappa shape index (κ1) is 27.2. The SMILES string of the molecule is CC1CC(O)(c2ccc(C(F)F)nc2)CC(COc2cc(C(F)(F)F)c3c(c2)ncn3CC(C)(C)O)N1. The highest BCUT2D eigenvalue weighted by Gasteiger charge is 2.40. The Bertz CT molecular complexity index is 1240. The van der Waals surface area contributed by atoms with Gasteiger partial charge in [0.05, 0.1) is 40.7 Å². The predicted molar refractivity (Wildman–Crippen MR) is 125 cm³/mol. The highest BCUT2D eigenvalue weighted by atomic mass is 19.4. The summed E-state index contributed by atoms with van der Waals surface area (Å²) in [5, 5.41) is 24.6. The smallest absolute Gasteiger partial charge is 0.418 e. The molecule has 4 rings (SSSR count). The quantitative estimate of drug-likeness (QED) is 0.390. The zero-order chi connectivity index (χ0) is 27.2. The summed E-state index contributed by atoms with van der Waals surface area (Å²) >= 11 is 0. The molecule has 3 unspecified atom stereocenters. The molecule has 1 saturated heterocycles. The minimum Gasteiger partial charge on any atom is -0.492 e. The maximum absolute atomic E-state index is 13.9. The van der Waals surface area contributed by atoms with Crippen molar-refractivity contribution >= 4 is 11.0 Å². The third kappa shape index (κ3) is 6.19. The lowest BCUT2D eigenvalue weighted by molar-refractivity contribution is -0.136. The van der Waals surface area contributed by atoms with Crippen LogP contribution in [0.3, 0.4) is 0 Å². The van der Waals surface area contributed by atoms with Crippen molar-refractivity contribution in [1.29, 1.82) is 0 Å². The molecule has 1 fully saturated rings. The number of hydrogen-bond acceptors (Lipinski definition) is 6. The Hall–Kier alpha value is -2.83. The zero-order valence-electron chi connectivity index (χ0n) is 20.6. The summed E-state index contributed by atoms with van der Waals surface area (Å²) in [7, 11) is 0. The van der Waals surface area contributed by atoms with Crippen molar-refractivity contribution in [1.82, 2.24) is 19.9 Å². The van der Waals surface area contributed by atoms with E-state index in [9.17, 15) is 32.2 Å². The number of pyridine rings is 1. The molecule has 0 saturated carbocycles. The van der Waals surface area contributed by atoms with Crippen LogP contribution in [-0.4, -0.2) is 49.0 Å². The number of rotatable bonds is 7. The van der Waals surface area contributed by atoms with Crippen molar-refractivity contribution in [3.8, 4) is 5.75 Å². The second-order valence-corrected chi connectivity index (χ2v) is 10.3. The van der Waals surface area contributed by atoms with E-state index >= 15 is 0 Å². The first-order valence-electron chi connectivity index (χ1n) is 11.8. The van der Waals surface area contributed by atoms with Gasteiger partial charge >= 0.3 is 6.18 Å². The summed E-state index contributed by atoms with van der Waals surface area (Å²) in [5.41, 5.74) is -3.65. The predicted octanol–water partition coefficient (Wildman–Crippen LogP) is 4.57. The number of imidazole rings is 1. The average molecular weight is 529 g/mol. The Morgan fingerprint density at radius 1 is 1.19 bits per heavy atom. The number of alkyl halides is 5. The van der Waals surface area contributed by atoms with Crippen LogP contribution in [0.5, 0.6) is 5.75 Å². The molecule has 3 N–H and O–H groups in total. The van der Waals surface area contributed by atoms with Gasteiger partial charge in [-0.1, -0.05) is 6.07 Å². The van der Waals surface area contributed by atoms with Crippen LogP contribution in [0.1, 0.15) is 56.9 Å². The molecule has 1 aliphatic heterocycles. The maximum atomic E-state index is 13.9. The van der Waals surface area contributed by atoms with Crippen LogP contribution in [0.2, 0.25) is 0 Å². The lowest BCUT2D eigenvalue weighted by Crippen LogP contribution is -2.53. The minimum absolute atomic E-state index is 0.0418. The van der Waals surface area contributed by atoms with Crippen LogP contribution in [0.25, 0.3) is 11.0 Å². The van der Waals surface area contributed by atoms with E-state index in [2.05, 4.69) is 15.3 Å². The Morgan fingerprint density at radius 2 is 1.92 bits per heavy atom. The van der Waals surface area contributed by atoms with Crippen LogP contribution in [0.4, 0.5) is 22.0 Å². The van der Waals surface area contributed by atoms with E-state index in [4.69, 9.17) is 4.74 Å². The maximum Gasteiger partial charge on any atom is 0.418 e. The fourth-order valence-electron chi connectivity index (χ4n) is 4.89. The number of nitrogens with zero attached hydrogens (tertiary/aromatic N) is 3. The van der Waals surface area contributed by atoms with Gasteiger partial charge in [0.15, 0.2) is 0 Å². The first-order chi connectivity index (χ1) is 17.1. The second kappa shape index (κ2) is 9.80. The summed E-state index contributed by atoms with van der Waals surface area (Å²) in [5.74, 6) is -0.0418. The van der Waals surface area contributed by atoms with Gasteiger partial charge in [0.2, 0.25) is 0 Å². The Morgan fingerprint density at radius 3 is 2.51 bits per heavy atom. The molecule has 0 amide bonds. The lowest BCUT2D eigenvalue weighted by atomic mass is 9.79. The summed E-state index contributed by atoms with van der Waals surface area (Å²) in [6.45, 7) is 4.68. The fourth-order valence-corrected chi connectivity index (χ4v) is 4.89. The number of aromatic nitrogens is 3. The molecular weight excluding hydrogens is 499 g/mol. The molecule has 3 heterocycles. The van der Waals surface area contributed by atoms with E-state index in [1.165, 1.54) is 49.1 Å². The van der Waals surface area contributed by atoms with Crippen molar-refractivity contribution in [3.63, 3.8) is 0 Å². The van der Waals surface area contributed by atoms with Crippen molar-refractivity contribution in [3.05, 3.63) is 53.6 Å². The standard InChI is InChI=1S/C25H29F5N4O3/c1-14-8-24(36,15-4-5-19(22(26)27)31-10-15)9-16(33-14)11-37-17-6-18(25(28,29)30)21-20(7-17)32-13-34(21)12-23(2,3)35/h4-7,10,13-14,16,22,33,35-36H,8-9,11-12H2,1-3H3. The van der Waals surface area contributed by atoms with Crippen molar-refractivity contribution in [2.24, 2.45) is 0 Å². The molecule has 1 aliphatic rings. The molecule has 0 bridgehead atoms. The summed E-state index contributed by atoms with van der Waals surface area (Å²) in [6.07, 6.45) is -4.50. The molecule has 0 aliphatic carbocycles. The lowest BCUT2D eigenvalue weighted by Gasteiger charge is -2.41. The number of piperidine rings is 1. The molecule has 0 spiro atoms.